The van der Waals surface area contributed by atoms with E-state index in [1.54, 1.807) is 12.1 Å². The van der Waals surface area contributed by atoms with Crippen LogP contribution in [0.15, 0.2) is 42.5 Å². The molecule has 0 N–H and O–H groups in total. The smallest absolute Gasteiger partial charge is 0.222 e. The molecule has 2 atom stereocenters. The predicted octanol–water partition coefficient (Wildman–Crippen LogP) is 4.32. The number of benzene rings is 2. The van der Waals surface area contributed by atoms with E-state index >= 15 is 0 Å². The van der Waals surface area contributed by atoms with Gasteiger partial charge in [-0.25, -0.2) is 4.39 Å². The van der Waals surface area contributed by atoms with Crippen LogP contribution in [0.25, 0.3) is 11.1 Å². The fourth-order valence-corrected chi connectivity index (χ4v) is 4.63. The van der Waals surface area contributed by atoms with E-state index in [0.29, 0.717) is 6.42 Å². The molecule has 1 aliphatic heterocycles. The maximum atomic E-state index is 13.5. The Labute approximate surface area is 142 Å². The highest BCUT2D eigenvalue weighted by Gasteiger charge is 2.46. The monoisotopic (exact) mass is 323 g/mol. The lowest BCUT2D eigenvalue weighted by Crippen LogP contribution is -2.56. The van der Waals surface area contributed by atoms with E-state index in [1.807, 2.05) is 18.0 Å². The second-order valence-electron chi connectivity index (χ2n) is 7.36. The van der Waals surface area contributed by atoms with Crippen molar-refractivity contribution in [2.75, 3.05) is 7.05 Å². The minimum Gasteiger partial charge on any atom is -0.342 e. The summed E-state index contributed by atoms with van der Waals surface area (Å²) in [6.45, 7) is 2.29. The topological polar surface area (TPSA) is 20.3 Å². The lowest BCUT2D eigenvalue weighted by atomic mass is 9.63. The third-order valence-corrected chi connectivity index (χ3v) is 6.02. The molecular weight excluding hydrogens is 301 g/mol. The number of nitrogens with zero attached hydrogens (tertiary/aromatic N) is 1. The molecule has 24 heavy (non-hydrogen) atoms. The summed E-state index contributed by atoms with van der Waals surface area (Å²) >= 11 is 0. The predicted molar refractivity (Wildman–Crippen MR) is 93.3 cm³/mol. The van der Waals surface area contributed by atoms with Crippen LogP contribution in [0, 0.1) is 5.82 Å². The second kappa shape index (κ2) is 5.44. The third-order valence-electron chi connectivity index (χ3n) is 6.02. The fourth-order valence-electron chi connectivity index (χ4n) is 4.63. The summed E-state index contributed by atoms with van der Waals surface area (Å²) in [5, 5.41) is 0. The van der Waals surface area contributed by atoms with Crippen LogP contribution >= 0.6 is 0 Å². The third kappa shape index (κ3) is 2.26. The van der Waals surface area contributed by atoms with Gasteiger partial charge in [-0.3, -0.25) is 4.79 Å². The van der Waals surface area contributed by atoms with Gasteiger partial charge in [0.25, 0.3) is 0 Å². The number of carbonyl (C=O) groups excluding carboxylic acids is 1. The Balaban J connectivity index is 1.76. The number of likely N-dealkylation sites (N-methyl/N-ethyl adjacent to an activating group) is 1. The normalized spacial score (nSPS) is 26.0. The van der Waals surface area contributed by atoms with Crippen molar-refractivity contribution in [3.05, 3.63) is 59.4 Å². The molecule has 1 saturated heterocycles. The van der Waals surface area contributed by atoms with E-state index < -0.39 is 0 Å². The number of rotatable bonds is 1. The molecule has 0 spiro atoms. The summed E-state index contributed by atoms with van der Waals surface area (Å²) in [6.07, 6.45) is 3.50. The quantitative estimate of drug-likeness (QED) is 0.765. The first-order valence-electron chi connectivity index (χ1n) is 8.64. The molecule has 1 amide bonds. The van der Waals surface area contributed by atoms with Crippen LogP contribution in [0.4, 0.5) is 4.39 Å². The van der Waals surface area contributed by atoms with Crippen molar-refractivity contribution >= 4 is 5.91 Å². The molecule has 2 aromatic rings. The van der Waals surface area contributed by atoms with Crippen molar-refractivity contribution in [3.63, 3.8) is 0 Å². The van der Waals surface area contributed by atoms with Crippen molar-refractivity contribution in [2.24, 2.45) is 0 Å². The maximum Gasteiger partial charge on any atom is 0.222 e. The lowest BCUT2D eigenvalue weighted by Gasteiger charge is -2.50. The molecule has 4 rings (SSSR count). The van der Waals surface area contributed by atoms with E-state index in [4.69, 9.17) is 0 Å². The van der Waals surface area contributed by atoms with Gasteiger partial charge in [-0.05, 0) is 53.6 Å². The Morgan fingerprint density at radius 1 is 1.12 bits per heavy atom. The Morgan fingerprint density at radius 3 is 2.71 bits per heavy atom. The van der Waals surface area contributed by atoms with Gasteiger partial charge in [0, 0.05) is 24.9 Å². The molecule has 1 aliphatic carbocycles. The lowest BCUT2D eigenvalue weighted by molar-refractivity contribution is -0.138. The van der Waals surface area contributed by atoms with Gasteiger partial charge in [0.1, 0.15) is 5.82 Å². The molecule has 2 nitrogen and oxygen atoms in total. The molecule has 1 heterocycles. The van der Waals surface area contributed by atoms with Crippen LogP contribution in [0.3, 0.4) is 0 Å². The molecule has 0 saturated carbocycles. The van der Waals surface area contributed by atoms with E-state index in [0.717, 1.165) is 30.4 Å². The van der Waals surface area contributed by atoms with Crippen LogP contribution in [-0.4, -0.2) is 23.9 Å². The first kappa shape index (κ1) is 15.4. The minimum absolute atomic E-state index is 0.0245. The van der Waals surface area contributed by atoms with Crippen molar-refractivity contribution in [2.45, 2.75) is 44.1 Å². The van der Waals surface area contributed by atoms with Crippen LogP contribution in [0.1, 0.15) is 37.3 Å². The summed E-state index contributed by atoms with van der Waals surface area (Å²) in [6, 6.07) is 13.6. The second-order valence-corrected chi connectivity index (χ2v) is 7.36. The van der Waals surface area contributed by atoms with Gasteiger partial charge in [-0.2, -0.15) is 0 Å². The van der Waals surface area contributed by atoms with Crippen LogP contribution in [0.2, 0.25) is 0 Å². The van der Waals surface area contributed by atoms with E-state index in [9.17, 15) is 9.18 Å². The molecular formula is C21H22FNO. The summed E-state index contributed by atoms with van der Waals surface area (Å²) in [5.74, 6) is 0.0574. The van der Waals surface area contributed by atoms with Crippen LogP contribution in [0.5, 0.6) is 0 Å². The molecule has 0 aromatic heterocycles. The maximum absolute atomic E-state index is 13.5. The van der Waals surface area contributed by atoms with E-state index in [2.05, 4.69) is 25.1 Å². The Kier molecular flexibility index (Phi) is 3.48. The average molecular weight is 323 g/mol. The largest absolute Gasteiger partial charge is 0.342 e. The molecule has 124 valence electrons. The van der Waals surface area contributed by atoms with Crippen molar-refractivity contribution in [1.82, 2.24) is 4.90 Å². The molecule has 1 fully saturated rings. The zero-order valence-corrected chi connectivity index (χ0v) is 14.2. The van der Waals surface area contributed by atoms with E-state index in [1.165, 1.54) is 17.2 Å². The Hall–Kier alpha value is -2.16. The van der Waals surface area contributed by atoms with E-state index in [-0.39, 0.29) is 23.2 Å². The van der Waals surface area contributed by atoms with Gasteiger partial charge in [0.05, 0.1) is 0 Å². The number of halogens is 1. The van der Waals surface area contributed by atoms with Crippen molar-refractivity contribution in [3.8, 4) is 11.1 Å². The number of likely N-dealkylation sites (tertiary alicyclic amines) is 1. The molecule has 0 unspecified atom stereocenters. The highest BCUT2D eigenvalue weighted by Crippen LogP contribution is 2.46. The molecule has 0 bridgehead atoms. The highest BCUT2D eigenvalue weighted by atomic mass is 19.1. The molecule has 2 aliphatic rings. The Bertz CT molecular complexity index is 815. The molecule has 2 aromatic carbocycles. The number of hydrogen-bond acceptors (Lipinski definition) is 1. The fraction of sp³-hybridized carbons (Fsp3) is 0.381. The van der Waals surface area contributed by atoms with Crippen molar-refractivity contribution < 1.29 is 9.18 Å². The van der Waals surface area contributed by atoms with Gasteiger partial charge >= 0.3 is 0 Å². The average Bonchev–Trinajstić information content (AvgIpc) is 2.58. The summed E-state index contributed by atoms with van der Waals surface area (Å²) in [4.78, 5) is 14.0. The van der Waals surface area contributed by atoms with Gasteiger partial charge in [0.2, 0.25) is 5.91 Å². The van der Waals surface area contributed by atoms with Gasteiger partial charge in [0.15, 0.2) is 0 Å². The van der Waals surface area contributed by atoms with Crippen molar-refractivity contribution in [1.29, 1.82) is 0 Å². The SMILES string of the molecule is CN1C(=O)CC[C@]2(C)c3ccc(-c4cccc(F)c4)cc3CC[C@@H]12. The zero-order valence-electron chi connectivity index (χ0n) is 14.2. The van der Waals surface area contributed by atoms with Gasteiger partial charge < -0.3 is 4.90 Å². The first-order chi connectivity index (χ1) is 11.5. The highest BCUT2D eigenvalue weighted by molar-refractivity contribution is 5.78. The number of amides is 1. The van der Waals surface area contributed by atoms with Crippen LogP contribution in [-0.2, 0) is 16.6 Å². The molecule has 0 radical (unpaired) electrons. The molecule has 3 heteroatoms. The van der Waals surface area contributed by atoms with Crippen LogP contribution < -0.4 is 0 Å². The van der Waals surface area contributed by atoms with Gasteiger partial charge in [-0.15, -0.1) is 0 Å². The number of hydrogen-bond donors (Lipinski definition) is 0. The Morgan fingerprint density at radius 2 is 1.92 bits per heavy atom. The van der Waals surface area contributed by atoms with Gasteiger partial charge in [-0.1, -0.05) is 37.3 Å². The minimum atomic E-state index is -0.204. The number of fused-ring (bicyclic) bond motifs is 3. The standard InChI is InChI=1S/C21H22FNO/c1-21-11-10-20(24)23(2)19(21)9-7-16-12-15(6-8-18(16)21)14-4-3-5-17(22)13-14/h3-6,8,12-13,19H,7,9-11H2,1-2H3/t19-,21-/m1/s1. The summed E-state index contributed by atoms with van der Waals surface area (Å²) in [5.41, 5.74) is 4.71. The zero-order chi connectivity index (χ0) is 16.9. The number of piperidine rings is 1. The summed E-state index contributed by atoms with van der Waals surface area (Å²) in [7, 11) is 1.94. The first-order valence-corrected chi connectivity index (χ1v) is 8.64. The number of aryl methyl sites for hydroxylation is 1. The summed E-state index contributed by atoms with van der Waals surface area (Å²) < 4.78 is 13.5. The number of carbonyl (C=O) groups is 1.